The number of carbonyl (C=O) groups excluding carboxylic acids is 2. The Morgan fingerprint density at radius 2 is 1.64 bits per heavy atom. The first kappa shape index (κ1) is 27.7. The van der Waals surface area contributed by atoms with Gasteiger partial charge in [0, 0.05) is 32.4 Å². The zero-order valence-electron chi connectivity index (χ0n) is 22.1. The molecule has 0 unspecified atom stereocenters. The lowest BCUT2D eigenvalue weighted by Crippen LogP contribution is -2.43. The molecule has 3 aromatic carbocycles. The summed E-state index contributed by atoms with van der Waals surface area (Å²) in [7, 11) is 1.58. The Labute approximate surface area is 226 Å². The SMILES string of the molecule is COCCCN(CC(=O)N(Cc1ccc(F)cc1)Cc1coc2ccccc2c1=O)C(=O)c1ccccc1C. The normalized spacial score (nSPS) is 10.9. The van der Waals surface area contributed by atoms with Crippen molar-refractivity contribution in [3.8, 4) is 0 Å². The first-order chi connectivity index (χ1) is 18.9. The number of rotatable bonds is 11. The van der Waals surface area contributed by atoms with Crippen LogP contribution in [0.15, 0.2) is 88.3 Å². The first-order valence-corrected chi connectivity index (χ1v) is 12.7. The average Bonchev–Trinajstić information content (AvgIpc) is 2.94. The maximum atomic E-state index is 13.8. The molecule has 4 rings (SSSR count). The maximum absolute atomic E-state index is 13.8. The summed E-state index contributed by atoms with van der Waals surface area (Å²) < 4.78 is 24.4. The summed E-state index contributed by atoms with van der Waals surface area (Å²) >= 11 is 0. The van der Waals surface area contributed by atoms with Crippen molar-refractivity contribution in [3.05, 3.63) is 117 Å². The standard InChI is InChI=1S/C31H31FN2O5/c1-22-8-3-4-9-26(22)31(37)33(16-7-17-38-2)20-29(35)34(18-23-12-14-25(32)15-13-23)19-24-21-39-28-11-6-5-10-27(28)30(24)36/h3-6,8-15,21H,7,16-20H2,1-2H3. The van der Waals surface area contributed by atoms with Gasteiger partial charge < -0.3 is 19.0 Å². The molecule has 0 aliphatic carbocycles. The fourth-order valence-electron chi connectivity index (χ4n) is 4.37. The van der Waals surface area contributed by atoms with Gasteiger partial charge in [0.15, 0.2) is 5.43 Å². The van der Waals surface area contributed by atoms with Gasteiger partial charge in [0.2, 0.25) is 5.91 Å². The van der Waals surface area contributed by atoms with Gasteiger partial charge in [-0.25, -0.2) is 4.39 Å². The average molecular weight is 531 g/mol. The number of halogens is 1. The second-order valence-corrected chi connectivity index (χ2v) is 9.35. The summed E-state index contributed by atoms with van der Waals surface area (Å²) in [5.74, 6) is -1.00. The van der Waals surface area contributed by atoms with Crippen molar-refractivity contribution >= 4 is 22.8 Å². The molecule has 0 saturated carbocycles. The predicted octanol–water partition coefficient (Wildman–Crippen LogP) is 4.95. The summed E-state index contributed by atoms with van der Waals surface area (Å²) in [5, 5.41) is 0.417. The van der Waals surface area contributed by atoms with E-state index in [-0.39, 0.29) is 42.7 Å². The number of carbonyl (C=O) groups is 2. The van der Waals surface area contributed by atoms with Gasteiger partial charge in [0.1, 0.15) is 17.9 Å². The highest BCUT2D eigenvalue weighted by Crippen LogP contribution is 2.16. The quantitative estimate of drug-likeness (QED) is 0.257. The monoisotopic (exact) mass is 530 g/mol. The number of aryl methyl sites for hydroxylation is 1. The number of para-hydroxylation sites is 1. The van der Waals surface area contributed by atoms with Crippen LogP contribution in [0.2, 0.25) is 0 Å². The van der Waals surface area contributed by atoms with E-state index in [1.54, 1.807) is 55.6 Å². The van der Waals surface area contributed by atoms with Gasteiger partial charge >= 0.3 is 0 Å². The molecule has 0 bridgehead atoms. The van der Waals surface area contributed by atoms with Crippen LogP contribution in [-0.4, -0.2) is 48.4 Å². The van der Waals surface area contributed by atoms with Crippen LogP contribution in [-0.2, 0) is 22.6 Å². The lowest BCUT2D eigenvalue weighted by atomic mass is 10.1. The van der Waals surface area contributed by atoms with Crippen molar-refractivity contribution in [2.24, 2.45) is 0 Å². The van der Waals surface area contributed by atoms with Crippen LogP contribution in [0.1, 0.15) is 33.5 Å². The van der Waals surface area contributed by atoms with E-state index in [1.807, 2.05) is 19.1 Å². The number of hydrogen-bond acceptors (Lipinski definition) is 5. The summed E-state index contributed by atoms with van der Waals surface area (Å²) in [6, 6.07) is 20.0. The minimum Gasteiger partial charge on any atom is -0.464 e. The highest BCUT2D eigenvalue weighted by molar-refractivity contribution is 5.97. The Balaban J connectivity index is 1.63. The third-order valence-electron chi connectivity index (χ3n) is 6.52. The van der Waals surface area contributed by atoms with Crippen LogP contribution >= 0.6 is 0 Å². The summed E-state index contributed by atoms with van der Waals surface area (Å²) in [5.41, 5.74) is 2.54. The first-order valence-electron chi connectivity index (χ1n) is 12.7. The minimum absolute atomic E-state index is 0.0339. The molecule has 0 atom stereocenters. The van der Waals surface area contributed by atoms with Crippen LogP contribution < -0.4 is 5.43 Å². The van der Waals surface area contributed by atoms with E-state index in [9.17, 15) is 18.8 Å². The molecular formula is C31H31FN2O5. The number of ether oxygens (including phenoxy) is 1. The van der Waals surface area contributed by atoms with Crippen molar-refractivity contribution in [1.82, 2.24) is 9.80 Å². The molecule has 0 N–H and O–H groups in total. The number of fused-ring (bicyclic) bond motifs is 1. The van der Waals surface area contributed by atoms with E-state index in [0.29, 0.717) is 47.2 Å². The van der Waals surface area contributed by atoms with Gasteiger partial charge in [0.25, 0.3) is 5.91 Å². The van der Waals surface area contributed by atoms with E-state index < -0.39 is 0 Å². The molecule has 4 aromatic rings. The number of amides is 2. The molecule has 0 fully saturated rings. The molecule has 39 heavy (non-hydrogen) atoms. The lowest BCUT2D eigenvalue weighted by Gasteiger charge is -2.28. The Kier molecular flexibility index (Phi) is 9.22. The van der Waals surface area contributed by atoms with E-state index in [0.717, 1.165) is 5.56 Å². The summed E-state index contributed by atoms with van der Waals surface area (Å²) in [6.45, 7) is 2.49. The van der Waals surface area contributed by atoms with Crippen molar-refractivity contribution in [2.45, 2.75) is 26.4 Å². The molecular weight excluding hydrogens is 499 g/mol. The molecule has 0 aliphatic rings. The van der Waals surface area contributed by atoms with Gasteiger partial charge in [-0.05, 0) is 54.8 Å². The van der Waals surface area contributed by atoms with Crippen LogP contribution in [0.25, 0.3) is 11.0 Å². The minimum atomic E-state index is -0.389. The molecule has 7 nitrogen and oxygen atoms in total. The van der Waals surface area contributed by atoms with Crippen molar-refractivity contribution in [1.29, 1.82) is 0 Å². The second kappa shape index (κ2) is 13.0. The molecule has 0 radical (unpaired) electrons. The maximum Gasteiger partial charge on any atom is 0.254 e. The predicted molar refractivity (Wildman–Crippen MR) is 147 cm³/mol. The lowest BCUT2D eigenvalue weighted by molar-refractivity contribution is -0.133. The van der Waals surface area contributed by atoms with Gasteiger partial charge in [-0.15, -0.1) is 0 Å². The molecule has 1 heterocycles. The highest BCUT2D eigenvalue weighted by Gasteiger charge is 2.24. The van der Waals surface area contributed by atoms with Crippen LogP contribution in [0.3, 0.4) is 0 Å². The number of methoxy groups -OCH3 is 1. The fraction of sp³-hybridized carbons (Fsp3) is 0.258. The van der Waals surface area contributed by atoms with E-state index >= 15 is 0 Å². The second-order valence-electron chi connectivity index (χ2n) is 9.35. The van der Waals surface area contributed by atoms with Crippen molar-refractivity contribution < 1.29 is 23.1 Å². The molecule has 0 aliphatic heterocycles. The third kappa shape index (κ3) is 6.97. The molecule has 202 valence electrons. The molecule has 2 amide bonds. The smallest absolute Gasteiger partial charge is 0.254 e. The van der Waals surface area contributed by atoms with Crippen molar-refractivity contribution in [2.75, 3.05) is 26.8 Å². The topological polar surface area (TPSA) is 80.1 Å². The number of hydrogen-bond donors (Lipinski definition) is 0. The summed E-state index contributed by atoms with van der Waals surface area (Å²) in [6.07, 6.45) is 1.91. The Morgan fingerprint density at radius 1 is 0.923 bits per heavy atom. The number of benzene rings is 3. The fourth-order valence-corrected chi connectivity index (χ4v) is 4.37. The van der Waals surface area contributed by atoms with Crippen LogP contribution in [0, 0.1) is 12.7 Å². The van der Waals surface area contributed by atoms with Gasteiger partial charge in [-0.2, -0.15) is 0 Å². The van der Waals surface area contributed by atoms with E-state index in [2.05, 4.69) is 0 Å². The van der Waals surface area contributed by atoms with Crippen LogP contribution in [0.4, 0.5) is 4.39 Å². The summed E-state index contributed by atoms with van der Waals surface area (Å²) in [4.78, 5) is 43.4. The van der Waals surface area contributed by atoms with E-state index in [4.69, 9.17) is 9.15 Å². The van der Waals surface area contributed by atoms with Gasteiger partial charge in [-0.1, -0.05) is 42.5 Å². The Hall–Kier alpha value is -4.30. The molecule has 0 saturated heterocycles. The highest BCUT2D eigenvalue weighted by atomic mass is 19.1. The zero-order chi connectivity index (χ0) is 27.8. The van der Waals surface area contributed by atoms with E-state index in [1.165, 1.54) is 28.2 Å². The molecule has 1 aromatic heterocycles. The third-order valence-corrected chi connectivity index (χ3v) is 6.52. The number of nitrogens with zero attached hydrogens (tertiary/aromatic N) is 2. The molecule has 0 spiro atoms. The zero-order valence-corrected chi connectivity index (χ0v) is 22.1. The van der Waals surface area contributed by atoms with Crippen molar-refractivity contribution in [3.63, 3.8) is 0 Å². The Bertz CT molecular complexity index is 1500. The van der Waals surface area contributed by atoms with Gasteiger partial charge in [0.05, 0.1) is 23.8 Å². The Morgan fingerprint density at radius 3 is 2.38 bits per heavy atom. The largest absolute Gasteiger partial charge is 0.464 e. The molecule has 8 heteroatoms. The van der Waals surface area contributed by atoms with Gasteiger partial charge in [-0.3, -0.25) is 14.4 Å². The van der Waals surface area contributed by atoms with Crippen LogP contribution in [0.5, 0.6) is 0 Å².